The molecule has 0 unspecified atom stereocenters. The number of methoxy groups -OCH3 is 1. The lowest BCUT2D eigenvalue weighted by Gasteiger charge is -2.15. The molecule has 0 aliphatic carbocycles. The lowest BCUT2D eigenvalue weighted by molar-refractivity contribution is 0.284. The van der Waals surface area contributed by atoms with Crippen LogP contribution in [0.3, 0.4) is 0 Å². The Labute approximate surface area is 190 Å². The highest BCUT2D eigenvalue weighted by Gasteiger charge is 2.12. The Bertz CT molecular complexity index is 1020. The van der Waals surface area contributed by atoms with E-state index in [0.717, 1.165) is 21.3 Å². The standard InChI is InChI=1S/C23H22BrCl2NO2/c1-14-4-7-19(8-15(14)2)27-12-17-9-22(28-3)23(11-20(17)24)29-13-16-5-6-18(25)10-21(16)26/h4-11,27H,12-13H2,1-3H3. The van der Waals surface area contributed by atoms with E-state index in [1.54, 1.807) is 19.2 Å². The number of hydrogen-bond donors (Lipinski definition) is 1. The molecule has 3 aromatic carbocycles. The second-order valence-corrected chi connectivity index (χ2v) is 8.47. The van der Waals surface area contributed by atoms with E-state index in [4.69, 9.17) is 32.7 Å². The zero-order valence-corrected chi connectivity index (χ0v) is 19.6. The Morgan fingerprint density at radius 3 is 2.38 bits per heavy atom. The predicted octanol–water partition coefficient (Wildman–Crippen LogP) is 7.57. The minimum atomic E-state index is 0.318. The molecule has 3 aromatic rings. The molecular weight excluding hydrogens is 473 g/mol. The molecule has 0 radical (unpaired) electrons. The number of halogens is 3. The molecule has 3 rings (SSSR count). The zero-order chi connectivity index (χ0) is 21.0. The molecule has 29 heavy (non-hydrogen) atoms. The van der Waals surface area contributed by atoms with Crippen molar-refractivity contribution < 1.29 is 9.47 Å². The van der Waals surface area contributed by atoms with Crippen molar-refractivity contribution in [2.75, 3.05) is 12.4 Å². The third-order valence-corrected chi connectivity index (χ3v) is 6.05. The summed E-state index contributed by atoms with van der Waals surface area (Å²) >= 11 is 15.8. The van der Waals surface area contributed by atoms with Crippen molar-refractivity contribution in [1.29, 1.82) is 0 Å². The van der Waals surface area contributed by atoms with Crippen LogP contribution in [0.2, 0.25) is 10.0 Å². The van der Waals surface area contributed by atoms with E-state index < -0.39 is 0 Å². The van der Waals surface area contributed by atoms with Crippen LogP contribution >= 0.6 is 39.1 Å². The summed E-state index contributed by atoms with van der Waals surface area (Å²) in [5, 5.41) is 4.63. The maximum absolute atomic E-state index is 6.23. The molecule has 0 bridgehead atoms. The van der Waals surface area contributed by atoms with Crippen molar-refractivity contribution in [1.82, 2.24) is 0 Å². The van der Waals surface area contributed by atoms with Gasteiger partial charge in [0, 0.05) is 32.3 Å². The summed E-state index contributed by atoms with van der Waals surface area (Å²) in [6, 6.07) is 15.6. The Kier molecular flexibility index (Phi) is 7.33. The molecule has 152 valence electrons. The normalized spacial score (nSPS) is 10.7. The molecule has 0 atom stereocenters. The summed E-state index contributed by atoms with van der Waals surface area (Å²) < 4.78 is 12.4. The van der Waals surface area contributed by atoms with E-state index in [9.17, 15) is 0 Å². The predicted molar refractivity (Wildman–Crippen MR) is 125 cm³/mol. The first-order chi connectivity index (χ1) is 13.9. The molecule has 0 saturated carbocycles. The van der Waals surface area contributed by atoms with Crippen molar-refractivity contribution in [2.24, 2.45) is 0 Å². The van der Waals surface area contributed by atoms with E-state index in [1.807, 2.05) is 18.2 Å². The summed E-state index contributed by atoms with van der Waals surface area (Å²) in [7, 11) is 1.63. The van der Waals surface area contributed by atoms with Crippen molar-refractivity contribution >= 4 is 44.8 Å². The second-order valence-electron chi connectivity index (χ2n) is 6.77. The summed E-state index contributed by atoms with van der Waals surface area (Å²) in [4.78, 5) is 0. The molecule has 0 aliphatic heterocycles. The number of anilines is 1. The lowest BCUT2D eigenvalue weighted by Crippen LogP contribution is -2.03. The van der Waals surface area contributed by atoms with Gasteiger partial charge in [0.2, 0.25) is 0 Å². The zero-order valence-electron chi connectivity index (χ0n) is 16.5. The van der Waals surface area contributed by atoms with Gasteiger partial charge in [-0.3, -0.25) is 0 Å². The molecular formula is C23H22BrCl2NO2. The smallest absolute Gasteiger partial charge is 0.162 e. The Morgan fingerprint density at radius 2 is 1.69 bits per heavy atom. The van der Waals surface area contributed by atoms with E-state index in [0.29, 0.717) is 34.7 Å². The fourth-order valence-electron chi connectivity index (χ4n) is 2.83. The monoisotopic (exact) mass is 493 g/mol. The summed E-state index contributed by atoms with van der Waals surface area (Å²) in [5.41, 5.74) is 5.54. The fourth-order valence-corrected chi connectivity index (χ4v) is 3.75. The lowest BCUT2D eigenvalue weighted by atomic mass is 10.1. The second kappa shape index (κ2) is 9.75. The van der Waals surface area contributed by atoms with Gasteiger partial charge in [0.15, 0.2) is 11.5 Å². The third-order valence-electron chi connectivity index (χ3n) is 4.72. The summed E-state index contributed by atoms with van der Waals surface area (Å²) in [6.45, 7) is 5.19. The summed E-state index contributed by atoms with van der Waals surface area (Å²) in [6.07, 6.45) is 0. The number of aryl methyl sites for hydroxylation is 2. The summed E-state index contributed by atoms with van der Waals surface area (Å²) in [5.74, 6) is 1.30. The Balaban J connectivity index is 1.73. The maximum atomic E-state index is 6.23. The minimum Gasteiger partial charge on any atom is -0.493 e. The average Bonchev–Trinajstić information content (AvgIpc) is 2.69. The number of ether oxygens (including phenoxy) is 2. The van der Waals surface area contributed by atoms with Crippen LogP contribution in [-0.2, 0) is 13.2 Å². The van der Waals surface area contributed by atoms with Gasteiger partial charge in [0.05, 0.1) is 7.11 Å². The molecule has 0 aromatic heterocycles. The van der Waals surface area contributed by atoms with Crippen molar-refractivity contribution in [3.8, 4) is 11.5 Å². The van der Waals surface area contributed by atoms with Crippen LogP contribution in [-0.4, -0.2) is 7.11 Å². The van der Waals surface area contributed by atoms with Gasteiger partial charge in [-0.2, -0.15) is 0 Å². The van der Waals surface area contributed by atoms with Gasteiger partial charge in [0.25, 0.3) is 0 Å². The first-order valence-electron chi connectivity index (χ1n) is 9.11. The molecule has 1 N–H and O–H groups in total. The molecule has 0 heterocycles. The first kappa shape index (κ1) is 21.8. The van der Waals surface area contributed by atoms with Crippen LogP contribution in [0.25, 0.3) is 0 Å². The Hall–Kier alpha value is -1.88. The van der Waals surface area contributed by atoms with E-state index in [1.165, 1.54) is 11.1 Å². The van der Waals surface area contributed by atoms with Gasteiger partial charge in [-0.15, -0.1) is 0 Å². The number of hydrogen-bond acceptors (Lipinski definition) is 3. The van der Waals surface area contributed by atoms with Gasteiger partial charge in [-0.05, 0) is 66.9 Å². The first-order valence-corrected chi connectivity index (χ1v) is 10.7. The van der Waals surface area contributed by atoms with Crippen molar-refractivity contribution in [2.45, 2.75) is 27.0 Å². The van der Waals surface area contributed by atoms with Crippen LogP contribution in [0.4, 0.5) is 5.69 Å². The van der Waals surface area contributed by atoms with Gasteiger partial charge in [-0.1, -0.05) is 51.3 Å². The van der Waals surface area contributed by atoms with Gasteiger partial charge >= 0.3 is 0 Å². The largest absolute Gasteiger partial charge is 0.493 e. The molecule has 6 heteroatoms. The minimum absolute atomic E-state index is 0.318. The van der Waals surface area contributed by atoms with Gasteiger partial charge in [-0.25, -0.2) is 0 Å². The average molecular weight is 495 g/mol. The Morgan fingerprint density at radius 1 is 0.897 bits per heavy atom. The number of benzene rings is 3. The molecule has 0 aliphatic rings. The van der Waals surface area contributed by atoms with Crippen molar-refractivity contribution in [3.63, 3.8) is 0 Å². The van der Waals surface area contributed by atoms with Crippen LogP contribution in [0, 0.1) is 13.8 Å². The topological polar surface area (TPSA) is 30.5 Å². The quantitative estimate of drug-likeness (QED) is 0.367. The van der Waals surface area contributed by atoms with Crippen LogP contribution in [0.15, 0.2) is 53.0 Å². The van der Waals surface area contributed by atoms with Gasteiger partial charge < -0.3 is 14.8 Å². The molecule has 0 amide bonds. The third kappa shape index (κ3) is 5.59. The van der Waals surface area contributed by atoms with E-state index in [2.05, 4.69) is 53.3 Å². The fraction of sp³-hybridized carbons (Fsp3) is 0.217. The van der Waals surface area contributed by atoms with Crippen LogP contribution in [0.5, 0.6) is 11.5 Å². The van der Waals surface area contributed by atoms with E-state index >= 15 is 0 Å². The highest BCUT2D eigenvalue weighted by molar-refractivity contribution is 9.10. The van der Waals surface area contributed by atoms with Crippen LogP contribution in [0.1, 0.15) is 22.3 Å². The number of nitrogens with one attached hydrogen (secondary N) is 1. The molecule has 3 nitrogen and oxygen atoms in total. The van der Waals surface area contributed by atoms with Crippen LogP contribution < -0.4 is 14.8 Å². The van der Waals surface area contributed by atoms with E-state index in [-0.39, 0.29) is 0 Å². The highest BCUT2D eigenvalue weighted by Crippen LogP contribution is 2.35. The highest BCUT2D eigenvalue weighted by atomic mass is 79.9. The van der Waals surface area contributed by atoms with Gasteiger partial charge in [0.1, 0.15) is 6.61 Å². The molecule has 0 spiro atoms. The SMILES string of the molecule is COc1cc(CNc2ccc(C)c(C)c2)c(Br)cc1OCc1ccc(Cl)cc1Cl. The molecule has 0 saturated heterocycles. The maximum Gasteiger partial charge on any atom is 0.162 e. The van der Waals surface area contributed by atoms with Crippen molar-refractivity contribution in [3.05, 3.63) is 85.3 Å². The molecule has 0 fully saturated rings. The number of rotatable bonds is 7.